The maximum absolute atomic E-state index is 5.51. The Balaban J connectivity index is 3.16. The molecule has 0 saturated carbocycles. The van der Waals surface area contributed by atoms with Gasteiger partial charge in [0.05, 0.1) is 0 Å². The molecule has 0 bridgehead atoms. The van der Waals surface area contributed by atoms with Crippen LogP contribution in [0.25, 0.3) is 0 Å². The highest BCUT2D eigenvalue weighted by atomic mass is 16.7. The highest BCUT2D eigenvalue weighted by Crippen LogP contribution is 2.33. The molecule has 19 heavy (non-hydrogen) atoms. The Morgan fingerprint density at radius 3 is 2.37 bits per heavy atom. The summed E-state index contributed by atoms with van der Waals surface area (Å²) < 4.78 is 10.8. The first-order valence-corrected chi connectivity index (χ1v) is 6.65. The third-order valence-corrected chi connectivity index (χ3v) is 3.17. The molecule has 2 heteroatoms. The first-order valence-electron chi connectivity index (χ1n) is 6.65. The number of ether oxygens (including phenoxy) is 2. The first-order chi connectivity index (χ1) is 9.04. The molecule has 1 unspecified atom stereocenters. The molecule has 0 aromatic heterocycles. The minimum absolute atomic E-state index is 0.228. The van der Waals surface area contributed by atoms with Crippen molar-refractivity contribution >= 4 is 0 Å². The minimum atomic E-state index is 0.228. The van der Waals surface area contributed by atoms with Crippen molar-refractivity contribution in [1.29, 1.82) is 0 Å². The smallest absolute Gasteiger partial charge is 0.231 e. The lowest BCUT2D eigenvalue weighted by atomic mass is 9.85. The second-order valence-corrected chi connectivity index (χ2v) is 4.99. The van der Waals surface area contributed by atoms with Crippen LogP contribution in [0.1, 0.15) is 27.2 Å². The summed E-state index contributed by atoms with van der Waals surface area (Å²) in [6.07, 6.45) is 6.92. The van der Waals surface area contributed by atoms with Gasteiger partial charge in [-0.3, -0.25) is 0 Å². The van der Waals surface area contributed by atoms with Gasteiger partial charge in [0.25, 0.3) is 0 Å². The van der Waals surface area contributed by atoms with Crippen LogP contribution >= 0.6 is 0 Å². The standard InChI is InChI=1S/C17H24O2/c1-7-14(10-12(4)5)15(8-2)16(9-3)17-13(6)18-11-19-17/h7-9,12,14H,1,3,6,10-11H2,2,4-5H3. The van der Waals surface area contributed by atoms with E-state index in [1.807, 2.05) is 13.0 Å². The summed E-state index contributed by atoms with van der Waals surface area (Å²) in [5.41, 5.74) is 2.12. The Bertz CT molecular complexity index is 425. The Kier molecular flexibility index (Phi) is 5.68. The van der Waals surface area contributed by atoms with Gasteiger partial charge >= 0.3 is 0 Å². The predicted octanol–water partition coefficient (Wildman–Crippen LogP) is 4.74. The topological polar surface area (TPSA) is 18.5 Å². The van der Waals surface area contributed by atoms with Crippen molar-refractivity contribution in [2.45, 2.75) is 27.2 Å². The number of allylic oxidation sites excluding steroid dienone is 5. The van der Waals surface area contributed by atoms with E-state index in [0.29, 0.717) is 17.4 Å². The van der Waals surface area contributed by atoms with Crippen LogP contribution in [0.2, 0.25) is 0 Å². The molecule has 0 spiro atoms. The van der Waals surface area contributed by atoms with Gasteiger partial charge in [-0.15, -0.1) is 6.58 Å². The summed E-state index contributed by atoms with van der Waals surface area (Å²) in [4.78, 5) is 0. The van der Waals surface area contributed by atoms with Gasteiger partial charge in [-0.2, -0.15) is 0 Å². The zero-order chi connectivity index (χ0) is 14.4. The van der Waals surface area contributed by atoms with Crippen LogP contribution in [-0.2, 0) is 9.47 Å². The molecule has 1 aliphatic rings. The molecular weight excluding hydrogens is 236 g/mol. The van der Waals surface area contributed by atoms with Crippen molar-refractivity contribution in [3.05, 3.63) is 60.6 Å². The quantitative estimate of drug-likeness (QED) is 0.642. The van der Waals surface area contributed by atoms with E-state index in [1.54, 1.807) is 6.08 Å². The van der Waals surface area contributed by atoms with Crippen molar-refractivity contribution in [2.75, 3.05) is 6.79 Å². The van der Waals surface area contributed by atoms with Gasteiger partial charge in [0, 0.05) is 11.5 Å². The van der Waals surface area contributed by atoms with Crippen LogP contribution in [-0.4, -0.2) is 6.79 Å². The lowest BCUT2D eigenvalue weighted by molar-refractivity contribution is 0.0975. The minimum Gasteiger partial charge on any atom is -0.454 e. The van der Waals surface area contributed by atoms with Gasteiger partial charge < -0.3 is 9.47 Å². The maximum atomic E-state index is 5.51. The fourth-order valence-corrected chi connectivity index (χ4v) is 2.30. The number of rotatable bonds is 6. The average Bonchev–Trinajstić information content (AvgIpc) is 2.79. The van der Waals surface area contributed by atoms with Gasteiger partial charge in [-0.1, -0.05) is 45.2 Å². The zero-order valence-corrected chi connectivity index (χ0v) is 12.2. The summed E-state index contributed by atoms with van der Waals surface area (Å²) in [5, 5.41) is 0. The van der Waals surface area contributed by atoms with E-state index >= 15 is 0 Å². The van der Waals surface area contributed by atoms with Gasteiger partial charge in [0.15, 0.2) is 11.5 Å². The Morgan fingerprint density at radius 1 is 1.32 bits per heavy atom. The molecule has 1 saturated heterocycles. The summed E-state index contributed by atoms with van der Waals surface area (Å²) in [7, 11) is 0. The van der Waals surface area contributed by atoms with E-state index < -0.39 is 0 Å². The molecular formula is C17H24O2. The Hall–Kier alpha value is -1.70. The van der Waals surface area contributed by atoms with Crippen molar-refractivity contribution < 1.29 is 9.47 Å². The lowest BCUT2D eigenvalue weighted by Crippen LogP contribution is -2.08. The fraction of sp³-hybridized carbons (Fsp3) is 0.412. The summed E-state index contributed by atoms with van der Waals surface area (Å²) in [6.45, 7) is 18.4. The maximum Gasteiger partial charge on any atom is 0.231 e. The van der Waals surface area contributed by atoms with Crippen LogP contribution in [0.15, 0.2) is 60.6 Å². The van der Waals surface area contributed by atoms with E-state index in [1.165, 1.54) is 5.57 Å². The third-order valence-electron chi connectivity index (χ3n) is 3.17. The lowest BCUT2D eigenvalue weighted by Gasteiger charge is -2.20. The molecule has 104 valence electrons. The molecule has 0 aliphatic carbocycles. The molecule has 0 amide bonds. The van der Waals surface area contributed by atoms with Crippen LogP contribution in [0.3, 0.4) is 0 Å². The second-order valence-electron chi connectivity index (χ2n) is 4.99. The highest BCUT2D eigenvalue weighted by molar-refractivity contribution is 5.48. The van der Waals surface area contributed by atoms with Gasteiger partial charge in [-0.05, 0) is 24.8 Å². The fourth-order valence-electron chi connectivity index (χ4n) is 2.30. The number of hydrogen-bond acceptors (Lipinski definition) is 2. The van der Waals surface area contributed by atoms with Crippen LogP contribution in [0.5, 0.6) is 0 Å². The SMILES string of the molecule is C=CC(C(=CC)C(C=C)CC(C)C)=C1OCOC1=C. The first kappa shape index (κ1) is 15.4. The Labute approximate surface area is 116 Å². The number of hydrogen-bond donors (Lipinski definition) is 0. The largest absolute Gasteiger partial charge is 0.454 e. The van der Waals surface area contributed by atoms with Gasteiger partial charge in [0.1, 0.15) is 0 Å². The zero-order valence-electron chi connectivity index (χ0n) is 12.2. The predicted molar refractivity (Wildman–Crippen MR) is 80.3 cm³/mol. The molecule has 1 rings (SSSR count). The van der Waals surface area contributed by atoms with E-state index in [0.717, 1.165) is 12.0 Å². The van der Waals surface area contributed by atoms with Crippen molar-refractivity contribution in [1.82, 2.24) is 0 Å². The average molecular weight is 260 g/mol. The summed E-state index contributed by atoms with van der Waals surface area (Å²) in [5.74, 6) is 2.14. The molecule has 0 aromatic carbocycles. The third kappa shape index (κ3) is 3.63. The molecule has 0 N–H and O–H groups in total. The van der Waals surface area contributed by atoms with Gasteiger partial charge in [0.2, 0.25) is 6.79 Å². The molecule has 0 radical (unpaired) electrons. The van der Waals surface area contributed by atoms with E-state index in [-0.39, 0.29) is 12.7 Å². The van der Waals surface area contributed by atoms with Crippen LogP contribution in [0, 0.1) is 11.8 Å². The molecule has 1 aliphatic heterocycles. The molecule has 0 aromatic rings. The van der Waals surface area contributed by atoms with E-state index in [9.17, 15) is 0 Å². The van der Waals surface area contributed by atoms with E-state index in [4.69, 9.17) is 9.47 Å². The van der Waals surface area contributed by atoms with Crippen LogP contribution in [0.4, 0.5) is 0 Å². The highest BCUT2D eigenvalue weighted by Gasteiger charge is 2.23. The Morgan fingerprint density at radius 2 is 2.00 bits per heavy atom. The second kappa shape index (κ2) is 7.03. The van der Waals surface area contributed by atoms with Crippen LogP contribution < -0.4 is 0 Å². The molecule has 2 nitrogen and oxygen atoms in total. The summed E-state index contributed by atoms with van der Waals surface area (Å²) >= 11 is 0. The van der Waals surface area contributed by atoms with Crippen molar-refractivity contribution in [3.63, 3.8) is 0 Å². The normalized spacial score (nSPS) is 19.8. The van der Waals surface area contributed by atoms with Crippen molar-refractivity contribution in [3.8, 4) is 0 Å². The van der Waals surface area contributed by atoms with Crippen molar-refractivity contribution in [2.24, 2.45) is 11.8 Å². The molecule has 1 atom stereocenters. The monoisotopic (exact) mass is 260 g/mol. The summed E-state index contributed by atoms with van der Waals surface area (Å²) in [6, 6.07) is 0. The molecule has 1 heterocycles. The van der Waals surface area contributed by atoms with Gasteiger partial charge in [-0.25, -0.2) is 0 Å². The molecule has 1 fully saturated rings. The van der Waals surface area contributed by atoms with E-state index in [2.05, 4.69) is 39.7 Å².